The molecule has 1 amide bonds. The van der Waals surface area contributed by atoms with Crippen LogP contribution in [0.3, 0.4) is 0 Å². The van der Waals surface area contributed by atoms with Gasteiger partial charge in [0.2, 0.25) is 0 Å². The smallest absolute Gasteiger partial charge is 0.334 e. The van der Waals surface area contributed by atoms with Crippen LogP contribution in [-0.4, -0.2) is 56.2 Å². The second kappa shape index (κ2) is 5.41. The molecule has 2 fully saturated rings. The Kier molecular flexibility index (Phi) is 3.62. The van der Waals surface area contributed by atoms with Crippen LogP contribution in [0.1, 0.15) is 12.8 Å². The molecule has 0 aromatic heterocycles. The van der Waals surface area contributed by atoms with Crippen molar-refractivity contribution in [1.29, 1.82) is 0 Å². The van der Waals surface area contributed by atoms with E-state index in [1.807, 2.05) is 0 Å². The standard InChI is InChI=1S/C13H17N3O4/c17-11(15-18)10-1-4-16-5-8-20-9-13(12(16)14-10)2-6-19-7-3-13/h1H,2-9H2. The molecule has 3 aliphatic heterocycles. The Labute approximate surface area is 116 Å². The van der Waals surface area contributed by atoms with E-state index in [-0.39, 0.29) is 11.1 Å². The summed E-state index contributed by atoms with van der Waals surface area (Å²) in [6, 6.07) is 0. The van der Waals surface area contributed by atoms with Crippen LogP contribution in [0.2, 0.25) is 0 Å². The molecule has 20 heavy (non-hydrogen) atoms. The Morgan fingerprint density at radius 1 is 1.30 bits per heavy atom. The highest BCUT2D eigenvalue weighted by Crippen LogP contribution is 2.37. The highest BCUT2D eigenvalue weighted by molar-refractivity contribution is 6.00. The van der Waals surface area contributed by atoms with Gasteiger partial charge >= 0.3 is 5.91 Å². The maximum atomic E-state index is 11.5. The van der Waals surface area contributed by atoms with Gasteiger partial charge in [-0.3, -0.25) is 4.79 Å². The first kappa shape index (κ1) is 13.4. The first-order valence-corrected chi connectivity index (χ1v) is 6.83. The maximum Gasteiger partial charge on any atom is 0.334 e. The third kappa shape index (κ3) is 2.27. The van der Waals surface area contributed by atoms with Crippen molar-refractivity contribution in [1.82, 2.24) is 4.90 Å². The van der Waals surface area contributed by atoms with Gasteiger partial charge in [-0.05, 0) is 18.9 Å². The van der Waals surface area contributed by atoms with Crippen molar-refractivity contribution in [2.45, 2.75) is 12.8 Å². The number of amides is 1. The monoisotopic (exact) mass is 279 g/mol. The predicted octanol–water partition coefficient (Wildman–Crippen LogP) is 0.704. The van der Waals surface area contributed by atoms with Crippen molar-refractivity contribution in [2.24, 2.45) is 15.6 Å². The number of rotatable bonds is 1. The Morgan fingerprint density at radius 3 is 2.85 bits per heavy atom. The second-order valence-electron chi connectivity index (χ2n) is 5.31. The molecule has 3 rings (SSSR count). The van der Waals surface area contributed by atoms with Gasteiger partial charge < -0.3 is 14.4 Å². The molecule has 0 radical (unpaired) electrons. The molecule has 1 spiro atoms. The van der Waals surface area contributed by atoms with Gasteiger partial charge in [0.15, 0.2) is 0 Å². The Hall–Kier alpha value is -1.60. The summed E-state index contributed by atoms with van der Waals surface area (Å²) < 4.78 is 11.2. The summed E-state index contributed by atoms with van der Waals surface area (Å²) in [7, 11) is 0. The van der Waals surface area contributed by atoms with E-state index in [2.05, 4.69) is 15.1 Å². The number of aliphatic imine (C=N–C) groups is 1. The SMILES string of the molecule is O=NC(=O)C1=CCN2CCOCC3(CCOCC3)C2=N1. The Bertz CT molecular complexity index is 480. The molecule has 0 aliphatic carbocycles. The molecule has 0 aromatic rings. The van der Waals surface area contributed by atoms with E-state index >= 15 is 0 Å². The molecule has 0 atom stereocenters. The highest BCUT2D eigenvalue weighted by Gasteiger charge is 2.43. The van der Waals surface area contributed by atoms with Gasteiger partial charge in [0.25, 0.3) is 0 Å². The van der Waals surface area contributed by atoms with Gasteiger partial charge in [-0.25, -0.2) is 4.99 Å². The highest BCUT2D eigenvalue weighted by atomic mass is 16.5. The topological polar surface area (TPSA) is 80.6 Å². The van der Waals surface area contributed by atoms with Crippen LogP contribution in [-0.2, 0) is 14.3 Å². The minimum Gasteiger partial charge on any atom is -0.381 e. The fraction of sp³-hybridized carbons (Fsp3) is 0.692. The molecule has 7 nitrogen and oxygen atoms in total. The summed E-state index contributed by atoms with van der Waals surface area (Å²) in [6.07, 6.45) is 3.29. The van der Waals surface area contributed by atoms with Gasteiger partial charge in [0, 0.05) is 31.5 Å². The quantitative estimate of drug-likeness (QED) is 0.660. The normalized spacial score (nSPS) is 25.3. The number of nitroso groups, excluding NO2 is 1. The third-order valence-corrected chi connectivity index (χ3v) is 4.14. The summed E-state index contributed by atoms with van der Waals surface area (Å²) in [4.78, 5) is 28.5. The molecular weight excluding hydrogens is 262 g/mol. The van der Waals surface area contributed by atoms with E-state index < -0.39 is 5.91 Å². The van der Waals surface area contributed by atoms with Crippen LogP contribution in [0.15, 0.2) is 21.9 Å². The van der Waals surface area contributed by atoms with E-state index in [4.69, 9.17) is 9.47 Å². The zero-order valence-electron chi connectivity index (χ0n) is 11.2. The van der Waals surface area contributed by atoms with Crippen LogP contribution in [0, 0.1) is 10.3 Å². The lowest BCUT2D eigenvalue weighted by Gasteiger charge is -2.41. The van der Waals surface area contributed by atoms with Gasteiger partial charge in [-0.2, -0.15) is 0 Å². The predicted molar refractivity (Wildman–Crippen MR) is 71.2 cm³/mol. The summed E-state index contributed by atoms with van der Waals surface area (Å²) in [5, 5.41) is 2.47. The molecule has 3 heterocycles. The van der Waals surface area contributed by atoms with Crippen LogP contribution in [0.4, 0.5) is 0 Å². The number of carbonyl (C=O) groups is 1. The molecule has 0 aromatic carbocycles. The number of nitrogens with zero attached hydrogens (tertiary/aromatic N) is 3. The Balaban J connectivity index is 1.97. The second-order valence-corrected chi connectivity index (χ2v) is 5.31. The molecule has 0 unspecified atom stereocenters. The van der Waals surface area contributed by atoms with E-state index in [0.29, 0.717) is 33.0 Å². The van der Waals surface area contributed by atoms with Crippen molar-refractivity contribution in [3.63, 3.8) is 0 Å². The van der Waals surface area contributed by atoms with Crippen molar-refractivity contribution < 1.29 is 14.3 Å². The largest absolute Gasteiger partial charge is 0.381 e. The fourth-order valence-corrected chi connectivity index (χ4v) is 2.98. The van der Waals surface area contributed by atoms with Crippen LogP contribution >= 0.6 is 0 Å². The molecule has 0 saturated carbocycles. The van der Waals surface area contributed by atoms with Crippen molar-refractivity contribution in [3.05, 3.63) is 16.7 Å². The number of hydrogen-bond donors (Lipinski definition) is 0. The van der Waals surface area contributed by atoms with Gasteiger partial charge in [0.05, 0.1) is 18.6 Å². The minimum absolute atomic E-state index is 0.152. The summed E-state index contributed by atoms with van der Waals surface area (Å²) in [5.41, 5.74) is -0.0590. The van der Waals surface area contributed by atoms with Crippen molar-refractivity contribution in [2.75, 3.05) is 39.5 Å². The summed E-state index contributed by atoms with van der Waals surface area (Å²) in [6.45, 7) is 3.87. The van der Waals surface area contributed by atoms with Crippen LogP contribution < -0.4 is 0 Å². The number of hydrogen-bond acceptors (Lipinski definition) is 6. The van der Waals surface area contributed by atoms with Crippen molar-refractivity contribution >= 4 is 11.7 Å². The van der Waals surface area contributed by atoms with E-state index in [1.165, 1.54) is 0 Å². The zero-order valence-corrected chi connectivity index (χ0v) is 11.2. The molecule has 7 heteroatoms. The van der Waals surface area contributed by atoms with Crippen LogP contribution in [0.25, 0.3) is 0 Å². The van der Waals surface area contributed by atoms with Gasteiger partial charge in [-0.1, -0.05) is 0 Å². The molecule has 0 bridgehead atoms. The van der Waals surface area contributed by atoms with Gasteiger partial charge in [-0.15, -0.1) is 4.91 Å². The molecule has 108 valence electrons. The lowest BCUT2D eigenvalue weighted by molar-refractivity contribution is -0.114. The van der Waals surface area contributed by atoms with Gasteiger partial charge in [0.1, 0.15) is 11.5 Å². The molecule has 0 N–H and O–H groups in total. The average Bonchev–Trinajstić information content (AvgIpc) is 2.67. The zero-order chi connectivity index (χ0) is 14.0. The van der Waals surface area contributed by atoms with E-state index in [9.17, 15) is 9.70 Å². The summed E-state index contributed by atoms with van der Waals surface area (Å²) in [5.74, 6) is 0.0531. The lowest BCUT2D eigenvalue weighted by atomic mass is 9.78. The lowest BCUT2D eigenvalue weighted by Crippen LogP contribution is -2.49. The average molecular weight is 279 g/mol. The number of amidine groups is 1. The van der Waals surface area contributed by atoms with Crippen molar-refractivity contribution in [3.8, 4) is 0 Å². The Morgan fingerprint density at radius 2 is 2.10 bits per heavy atom. The van der Waals surface area contributed by atoms with E-state index in [0.717, 1.165) is 25.2 Å². The first-order valence-electron chi connectivity index (χ1n) is 6.83. The minimum atomic E-state index is -0.801. The van der Waals surface area contributed by atoms with Crippen LogP contribution in [0.5, 0.6) is 0 Å². The number of carbonyl (C=O) groups excluding carboxylic acids is 1. The number of ether oxygens (including phenoxy) is 2. The molecule has 2 saturated heterocycles. The molecule has 3 aliphatic rings. The molecular formula is C13H17N3O4. The fourth-order valence-electron chi connectivity index (χ4n) is 2.98. The van der Waals surface area contributed by atoms with E-state index in [1.54, 1.807) is 6.08 Å². The summed E-state index contributed by atoms with van der Waals surface area (Å²) >= 11 is 0. The first-order chi connectivity index (χ1) is 9.75. The maximum absolute atomic E-state index is 11.5. The number of fused-ring (bicyclic) bond motifs is 2. The third-order valence-electron chi connectivity index (χ3n) is 4.14.